The average molecular weight is 332 g/mol. The van der Waals surface area contributed by atoms with Crippen LogP contribution in [0.4, 0.5) is 0 Å². The molecule has 4 heteroatoms. The summed E-state index contributed by atoms with van der Waals surface area (Å²) in [5, 5.41) is 0. The Labute approximate surface area is 146 Å². The van der Waals surface area contributed by atoms with E-state index in [2.05, 4.69) is 41.2 Å². The number of carbonyl (C=O) groups excluding carboxylic acids is 1. The van der Waals surface area contributed by atoms with Crippen LogP contribution in [-0.4, -0.2) is 59.4 Å². The summed E-state index contributed by atoms with van der Waals surface area (Å²) in [6, 6.07) is 2.74. The Morgan fingerprint density at radius 3 is 2.29 bits per heavy atom. The number of aromatic nitrogens is 1. The molecule has 2 aliphatic rings. The maximum Gasteiger partial charge on any atom is 0.178 e. The standard InChI is InChI=1S/C20H33N3O/c1-4-21-10-12-22(13-11-21)15-20(24)19-14-16(2)23(17(19)3)18-8-6-5-7-9-18/h14,18H,4-13,15H2,1-3H3. The van der Waals surface area contributed by atoms with Gasteiger partial charge >= 0.3 is 0 Å². The molecule has 24 heavy (non-hydrogen) atoms. The summed E-state index contributed by atoms with van der Waals surface area (Å²) in [6.45, 7) is 12.4. The molecule has 1 aliphatic carbocycles. The van der Waals surface area contributed by atoms with Gasteiger partial charge in [-0.05, 0) is 39.3 Å². The predicted molar refractivity (Wildman–Crippen MR) is 98.9 cm³/mol. The number of carbonyl (C=O) groups is 1. The summed E-state index contributed by atoms with van der Waals surface area (Å²) >= 11 is 0. The Hall–Kier alpha value is -1.13. The van der Waals surface area contributed by atoms with Crippen LogP contribution in [0.15, 0.2) is 6.07 Å². The summed E-state index contributed by atoms with van der Waals surface area (Å²) in [5.74, 6) is 0.301. The monoisotopic (exact) mass is 331 g/mol. The zero-order chi connectivity index (χ0) is 17.1. The molecular formula is C20H33N3O. The van der Waals surface area contributed by atoms with Crippen LogP contribution in [-0.2, 0) is 0 Å². The number of ketones is 1. The van der Waals surface area contributed by atoms with Crippen LogP contribution in [0.25, 0.3) is 0 Å². The lowest BCUT2D eigenvalue weighted by molar-refractivity contribution is 0.0858. The lowest BCUT2D eigenvalue weighted by Crippen LogP contribution is -2.47. The van der Waals surface area contributed by atoms with Gasteiger partial charge in [-0.25, -0.2) is 0 Å². The van der Waals surface area contributed by atoms with Crippen molar-refractivity contribution in [3.63, 3.8) is 0 Å². The number of Topliss-reactive ketones (excluding diaryl/α,β-unsaturated/α-hetero) is 1. The van der Waals surface area contributed by atoms with Crippen molar-refractivity contribution in [1.82, 2.24) is 14.4 Å². The second-order valence-electron chi connectivity index (χ2n) is 7.58. The lowest BCUT2D eigenvalue weighted by atomic mass is 9.95. The smallest absolute Gasteiger partial charge is 0.178 e. The molecule has 1 saturated heterocycles. The quantitative estimate of drug-likeness (QED) is 0.774. The van der Waals surface area contributed by atoms with Crippen molar-refractivity contribution in [2.24, 2.45) is 0 Å². The molecule has 2 heterocycles. The fourth-order valence-electron chi connectivity index (χ4n) is 4.51. The third-order valence-electron chi connectivity index (χ3n) is 6.00. The van der Waals surface area contributed by atoms with Gasteiger partial charge in [0.05, 0.1) is 6.54 Å². The van der Waals surface area contributed by atoms with E-state index in [0.29, 0.717) is 18.4 Å². The third kappa shape index (κ3) is 3.75. The maximum absolute atomic E-state index is 12.9. The van der Waals surface area contributed by atoms with Gasteiger partial charge in [-0.1, -0.05) is 26.2 Å². The highest BCUT2D eigenvalue weighted by molar-refractivity contribution is 5.99. The number of hydrogen-bond acceptors (Lipinski definition) is 3. The number of piperazine rings is 1. The Morgan fingerprint density at radius 1 is 1.04 bits per heavy atom. The minimum absolute atomic E-state index is 0.301. The predicted octanol–water partition coefficient (Wildman–Crippen LogP) is 3.43. The normalized spacial score (nSPS) is 21.3. The highest BCUT2D eigenvalue weighted by Gasteiger charge is 2.24. The molecule has 0 atom stereocenters. The largest absolute Gasteiger partial charge is 0.345 e. The number of hydrogen-bond donors (Lipinski definition) is 0. The van der Waals surface area contributed by atoms with Gasteiger partial charge in [-0.15, -0.1) is 0 Å². The first-order valence-electron chi connectivity index (χ1n) is 9.76. The van der Waals surface area contributed by atoms with Crippen LogP contribution in [0.1, 0.15) is 66.8 Å². The molecule has 1 aliphatic heterocycles. The summed E-state index contributed by atoms with van der Waals surface area (Å²) < 4.78 is 2.45. The first kappa shape index (κ1) is 17.7. The van der Waals surface area contributed by atoms with Crippen LogP contribution in [0, 0.1) is 13.8 Å². The number of aryl methyl sites for hydroxylation is 1. The molecule has 134 valence electrons. The molecule has 0 bridgehead atoms. The van der Waals surface area contributed by atoms with Crippen molar-refractivity contribution in [2.75, 3.05) is 39.3 Å². The highest BCUT2D eigenvalue weighted by atomic mass is 16.1. The molecule has 3 rings (SSSR count). The van der Waals surface area contributed by atoms with E-state index in [9.17, 15) is 4.79 Å². The van der Waals surface area contributed by atoms with Crippen LogP contribution in [0.3, 0.4) is 0 Å². The van der Waals surface area contributed by atoms with Gasteiger partial charge < -0.3 is 9.47 Å². The third-order valence-corrected chi connectivity index (χ3v) is 6.00. The minimum atomic E-state index is 0.301. The van der Waals surface area contributed by atoms with E-state index >= 15 is 0 Å². The number of nitrogens with zero attached hydrogens (tertiary/aromatic N) is 3. The van der Waals surface area contributed by atoms with E-state index < -0.39 is 0 Å². The van der Waals surface area contributed by atoms with E-state index in [4.69, 9.17) is 0 Å². The van der Waals surface area contributed by atoms with E-state index in [-0.39, 0.29) is 0 Å². The Morgan fingerprint density at radius 2 is 1.67 bits per heavy atom. The van der Waals surface area contributed by atoms with Gasteiger partial charge in [0.1, 0.15) is 0 Å². The van der Waals surface area contributed by atoms with Gasteiger partial charge in [0, 0.05) is 49.2 Å². The van der Waals surface area contributed by atoms with E-state index in [0.717, 1.165) is 38.3 Å². The van der Waals surface area contributed by atoms with Gasteiger partial charge in [-0.2, -0.15) is 0 Å². The Bertz CT molecular complexity index is 564. The molecule has 1 saturated carbocycles. The van der Waals surface area contributed by atoms with Crippen LogP contribution in [0.2, 0.25) is 0 Å². The minimum Gasteiger partial charge on any atom is -0.345 e. The van der Waals surface area contributed by atoms with E-state index in [1.807, 2.05) is 0 Å². The van der Waals surface area contributed by atoms with E-state index in [1.165, 1.54) is 43.5 Å². The zero-order valence-corrected chi connectivity index (χ0v) is 15.7. The molecule has 0 unspecified atom stereocenters. The number of likely N-dealkylation sites (N-methyl/N-ethyl adjacent to an activating group) is 1. The van der Waals surface area contributed by atoms with Crippen LogP contribution < -0.4 is 0 Å². The summed E-state index contributed by atoms with van der Waals surface area (Å²) in [5.41, 5.74) is 3.41. The molecular weight excluding hydrogens is 298 g/mol. The average Bonchev–Trinajstić information content (AvgIpc) is 2.91. The van der Waals surface area contributed by atoms with Crippen molar-refractivity contribution in [1.29, 1.82) is 0 Å². The molecule has 0 spiro atoms. The molecule has 2 fully saturated rings. The Kier molecular flexibility index (Phi) is 5.77. The molecule has 1 aromatic rings. The topological polar surface area (TPSA) is 28.5 Å². The van der Waals surface area contributed by atoms with Gasteiger partial charge in [0.2, 0.25) is 0 Å². The summed E-state index contributed by atoms with van der Waals surface area (Å²) in [4.78, 5) is 17.6. The SMILES string of the molecule is CCN1CCN(CC(=O)c2cc(C)n(C3CCCCC3)c2C)CC1. The second kappa shape index (κ2) is 7.83. The van der Waals surface area contributed by atoms with Crippen molar-refractivity contribution in [3.05, 3.63) is 23.0 Å². The second-order valence-corrected chi connectivity index (χ2v) is 7.58. The fourth-order valence-corrected chi connectivity index (χ4v) is 4.51. The van der Waals surface area contributed by atoms with Crippen molar-refractivity contribution >= 4 is 5.78 Å². The van der Waals surface area contributed by atoms with Crippen LogP contribution in [0.5, 0.6) is 0 Å². The van der Waals surface area contributed by atoms with Gasteiger partial charge in [-0.3, -0.25) is 9.69 Å². The van der Waals surface area contributed by atoms with Crippen LogP contribution >= 0.6 is 0 Å². The van der Waals surface area contributed by atoms with Crippen molar-refractivity contribution < 1.29 is 4.79 Å². The Balaban J connectivity index is 1.67. The molecule has 1 aromatic heterocycles. The zero-order valence-electron chi connectivity index (χ0n) is 15.7. The number of rotatable bonds is 5. The fraction of sp³-hybridized carbons (Fsp3) is 0.750. The molecule has 0 N–H and O–H groups in total. The molecule has 0 aromatic carbocycles. The van der Waals surface area contributed by atoms with E-state index in [1.54, 1.807) is 0 Å². The first-order chi connectivity index (χ1) is 11.6. The molecule has 4 nitrogen and oxygen atoms in total. The first-order valence-corrected chi connectivity index (χ1v) is 9.76. The van der Waals surface area contributed by atoms with Gasteiger partial charge in [0.15, 0.2) is 5.78 Å². The molecule has 0 radical (unpaired) electrons. The van der Waals surface area contributed by atoms with Gasteiger partial charge in [0.25, 0.3) is 0 Å². The molecule has 0 amide bonds. The highest BCUT2D eigenvalue weighted by Crippen LogP contribution is 2.32. The maximum atomic E-state index is 12.9. The van der Waals surface area contributed by atoms with Crippen molar-refractivity contribution in [3.8, 4) is 0 Å². The summed E-state index contributed by atoms with van der Waals surface area (Å²) in [7, 11) is 0. The van der Waals surface area contributed by atoms with Crippen molar-refractivity contribution in [2.45, 2.75) is 58.9 Å². The summed E-state index contributed by atoms with van der Waals surface area (Å²) in [6.07, 6.45) is 6.55. The lowest BCUT2D eigenvalue weighted by Gasteiger charge is -2.33.